The molecule has 1 aromatic carbocycles. The van der Waals surface area contributed by atoms with Crippen LogP contribution in [0.1, 0.15) is 6.99 Å². The summed E-state index contributed by atoms with van der Waals surface area (Å²) in [6.45, 7) is 2.08. The van der Waals surface area contributed by atoms with E-state index in [-0.39, 0.29) is 52.8 Å². The van der Waals surface area contributed by atoms with Gasteiger partial charge in [-0.25, -0.2) is 11.2 Å². The van der Waals surface area contributed by atoms with Crippen molar-refractivity contribution in [2.75, 3.05) is 0 Å². The molecule has 0 radical (unpaired) electrons. The molecule has 0 saturated heterocycles. The maximum absolute atomic E-state index is 8.93. The van der Waals surface area contributed by atoms with Crippen LogP contribution in [0.5, 0.6) is 0 Å². The predicted molar refractivity (Wildman–Crippen MR) is 50.3 cm³/mol. The second-order valence-electron chi connectivity index (χ2n) is 1.87. The molecule has 0 atom stereocenters. The molecule has 0 aliphatic heterocycles. The first-order valence-electron chi connectivity index (χ1n) is 2.93. The first kappa shape index (κ1) is 15.6. The van der Waals surface area contributed by atoms with Crippen LogP contribution in [0.2, 0.25) is 0 Å². The summed E-state index contributed by atoms with van der Waals surface area (Å²) in [7, 11) is -2.03. The maximum Gasteiger partial charge on any atom is 1.00 e. The van der Waals surface area contributed by atoms with Gasteiger partial charge < -0.3 is 10.2 Å². The predicted octanol–water partition coefficient (Wildman–Crippen LogP) is -1.00. The summed E-state index contributed by atoms with van der Waals surface area (Å²) in [6.07, 6.45) is 0. The largest absolute Gasteiger partial charge is 1.00 e. The van der Waals surface area contributed by atoms with Crippen LogP contribution in [0.3, 0.4) is 0 Å². The van der Waals surface area contributed by atoms with Gasteiger partial charge in [0.2, 0.25) is 0 Å². The van der Waals surface area contributed by atoms with E-state index in [4.69, 9.17) is 8.76 Å². The van der Waals surface area contributed by atoms with E-state index in [9.17, 15) is 0 Å². The van der Waals surface area contributed by atoms with E-state index in [0.29, 0.717) is 0 Å². The summed E-state index contributed by atoms with van der Waals surface area (Å²) in [4.78, 5) is 0. The van der Waals surface area contributed by atoms with Crippen molar-refractivity contribution >= 4 is 20.8 Å². The number of aryl methyl sites for hydroxylation is 1. The van der Waals surface area contributed by atoms with Gasteiger partial charge in [0.15, 0.2) is 0 Å². The van der Waals surface area contributed by atoms with E-state index in [1.165, 1.54) is 5.56 Å². The summed E-state index contributed by atoms with van der Waals surface area (Å²) in [6, 6.07) is 10.3. The normalized spacial score (nSPS) is 7.92. The Bertz CT molecular complexity index is 256. The van der Waals surface area contributed by atoms with Gasteiger partial charge in [0, 0.05) is 0 Å². The van der Waals surface area contributed by atoms with Crippen molar-refractivity contribution < 1.29 is 61.6 Å². The fraction of sp³-hybridized carbons (Fsp3) is 0.143. The SMILES string of the molecule is Cc1ccccc1.O=[S-](O)=S.[H-].[K+]. The van der Waals surface area contributed by atoms with Crippen molar-refractivity contribution in [2.45, 2.75) is 6.92 Å². The van der Waals surface area contributed by atoms with Gasteiger partial charge in [0.25, 0.3) is 0 Å². The third-order valence-electron chi connectivity index (χ3n) is 0.940. The number of benzene rings is 1. The van der Waals surface area contributed by atoms with Crippen LogP contribution >= 0.6 is 0 Å². The quantitative estimate of drug-likeness (QED) is 0.352. The van der Waals surface area contributed by atoms with Crippen molar-refractivity contribution in [2.24, 2.45) is 0 Å². The average Bonchev–Trinajstić information content (AvgIpc) is 1.87. The number of hydrogen-bond acceptors (Lipinski definition) is 3. The first-order chi connectivity index (χ1) is 5.13. The van der Waals surface area contributed by atoms with Crippen LogP contribution in [0, 0.1) is 6.92 Å². The van der Waals surface area contributed by atoms with Gasteiger partial charge in [-0.05, 0) is 6.92 Å². The fourth-order valence-electron chi connectivity index (χ4n) is 0.534. The fourth-order valence-corrected chi connectivity index (χ4v) is 0.534. The second kappa shape index (κ2) is 10.3. The summed E-state index contributed by atoms with van der Waals surface area (Å²) in [5.41, 5.74) is 1.32. The number of rotatable bonds is 0. The third-order valence-corrected chi connectivity index (χ3v) is 0.940. The van der Waals surface area contributed by atoms with Crippen molar-refractivity contribution in [1.82, 2.24) is 0 Å². The molecule has 5 heteroatoms. The van der Waals surface area contributed by atoms with E-state index in [2.05, 4.69) is 30.2 Å². The van der Waals surface area contributed by atoms with E-state index in [1.807, 2.05) is 18.2 Å². The van der Waals surface area contributed by atoms with Gasteiger partial charge in [0.05, 0.1) is 0 Å². The minimum absolute atomic E-state index is 0. The Balaban J connectivity index is -0.000000150. The monoisotopic (exact) mass is 229 g/mol. The Kier molecular flexibility index (Phi) is 13.4. The topological polar surface area (TPSA) is 37.3 Å². The molecule has 0 aliphatic rings. The summed E-state index contributed by atoms with van der Waals surface area (Å²) in [5, 5.41) is 0. The van der Waals surface area contributed by atoms with Gasteiger partial charge >= 0.3 is 51.4 Å². The molecule has 0 fully saturated rings. The molecule has 0 spiro atoms. The van der Waals surface area contributed by atoms with Gasteiger partial charge in [-0.3, -0.25) is 0 Å². The summed E-state index contributed by atoms with van der Waals surface area (Å²) >= 11 is 3.65. The zero-order valence-corrected chi connectivity index (χ0v) is 11.8. The first-order valence-corrected chi connectivity index (χ1v) is 4.96. The average molecular weight is 229 g/mol. The van der Waals surface area contributed by atoms with E-state index >= 15 is 0 Å². The van der Waals surface area contributed by atoms with E-state index in [0.717, 1.165) is 0 Å². The molecule has 0 aliphatic carbocycles. The zero-order valence-electron chi connectivity index (χ0n) is 8.06. The minimum atomic E-state index is -2.03. The van der Waals surface area contributed by atoms with Crippen molar-refractivity contribution in [3.05, 3.63) is 35.9 Å². The molecule has 2 nitrogen and oxygen atoms in total. The van der Waals surface area contributed by atoms with Crippen molar-refractivity contribution in [3.8, 4) is 0 Å². The Morgan fingerprint density at radius 2 is 1.75 bits per heavy atom. The Morgan fingerprint density at radius 1 is 1.42 bits per heavy atom. The molecular formula is C7H10KO2S2-. The van der Waals surface area contributed by atoms with Crippen molar-refractivity contribution in [1.29, 1.82) is 0 Å². The van der Waals surface area contributed by atoms with Crippen LogP contribution < -0.4 is 51.4 Å². The standard InChI is InChI=1S/C7H8.K.HO2S2.H/c1-7-5-3-2-4-6-7;;1-4(2)3;/h2-6H,1H3;;(H,1,2,3);/q;+1;2*-1. The molecule has 0 amide bonds. The molecule has 1 N–H and O–H groups in total. The van der Waals surface area contributed by atoms with Crippen LogP contribution in [-0.2, 0) is 25.0 Å². The van der Waals surface area contributed by atoms with Gasteiger partial charge in [-0.1, -0.05) is 45.5 Å². The Morgan fingerprint density at radius 3 is 1.92 bits per heavy atom. The maximum atomic E-state index is 8.93. The summed E-state index contributed by atoms with van der Waals surface area (Å²) in [5.74, 6) is 0. The Labute approximate surface area is 123 Å². The minimum Gasteiger partial charge on any atom is -1.00 e. The molecule has 12 heavy (non-hydrogen) atoms. The molecular weight excluding hydrogens is 219 g/mol. The van der Waals surface area contributed by atoms with Crippen LogP contribution in [0.25, 0.3) is 0 Å². The molecule has 64 valence electrons. The number of hydrogen-bond donors (Lipinski definition) is 1. The van der Waals surface area contributed by atoms with Gasteiger partial charge in [0.1, 0.15) is 0 Å². The molecule has 1 rings (SSSR count). The molecule has 0 aromatic heterocycles. The second-order valence-corrected chi connectivity index (χ2v) is 3.16. The molecule has 0 saturated carbocycles. The summed E-state index contributed by atoms with van der Waals surface area (Å²) < 4.78 is 16.3. The van der Waals surface area contributed by atoms with Crippen LogP contribution in [0.4, 0.5) is 0 Å². The molecule has 0 heterocycles. The Hall–Kier alpha value is 1.19. The van der Waals surface area contributed by atoms with Gasteiger partial charge in [-0.2, -0.15) is 0 Å². The molecule has 0 unspecified atom stereocenters. The molecule has 0 bridgehead atoms. The van der Waals surface area contributed by atoms with E-state index < -0.39 is 9.64 Å². The third kappa shape index (κ3) is 13.8. The zero-order chi connectivity index (χ0) is 8.69. The smallest absolute Gasteiger partial charge is 1.00 e. The van der Waals surface area contributed by atoms with Crippen LogP contribution in [-0.4, -0.2) is 4.55 Å². The molecule has 1 aromatic rings. The van der Waals surface area contributed by atoms with Crippen molar-refractivity contribution in [3.63, 3.8) is 0 Å². The van der Waals surface area contributed by atoms with Crippen LogP contribution in [0.15, 0.2) is 30.3 Å². The van der Waals surface area contributed by atoms with Gasteiger partial charge in [-0.15, -0.1) is 0 Å². The van der Waals surface area contributed by atoms with E-state index in [1.54, 1.807) is 0 Å².